The second kappa shape index (κ2) is 11.3. The third-order valence-corrected chi connectivity index (χ3v) is 5.00. The zero-order chi connectivity index (χ0) is 21.2. The number of rotatable bonds is 8. The summed E-state index contributed by atoms with van der Waals surface area (Å²) >= 11 is 11.4. The van der Waals surface area contributed by atoms with Crippen molar-refractivity contribution in [3.05, 3.63) is 95.0 Å². The lowest BCUT2D eigenvalue weighted by Gasteiger charge is -2.12. The lowest BCUT2D eigenvalue weighted by atomic mass is 10.1. The molecule has 0 bridgehead atoms. The Hall–Kier alpha value is -2.89. The number of halogens is 1. The third-order valence-electron chi connectivity index (χ3n) is 4.43. The number of amides is 1. The van der Waals surface area contributed by atoms with Crippen molar-refractivity contribution < 1.29 is 9.53 Å². The first-order valence-corrected chi connectivity index (χ1v) is 10.5. The van der Waals surface area contributed by atoms with E-state index in [2.05, 4.69) is 22.8 Å². The Morgan fingerprint density at radius 2 is 1.70 bits per heavy atom. The minimum Gasteiger partial charge on any atom is -0.493 e. The van der Waals surface area contributed by atoms with Gasteiger partial charge in [0.15, 0.2) is 5.11 Å². The molecule has 0 saturated heterocycles. The fourth-order valence-corrected chi connectivity index (χ4v) is 3.36. The van der Waals surface area contributed by atoms with Gasteiger partial charge in [0.25, 0.3) is 0 Å². The molecule has 0 atom stereocenters. The molecule has 0 aromatic heterocycles. The summed E-state index contributed by atoms with van der Waals surface area (Å²) in [6.45, 7) is 0.580. The third kappa shape index (κ3) is 7.17. The standard InChI is InChI=1S/C24H23ClN2O2S/c25-22-12-5-4-9-19(22)13-14-23(28)27-24(30)26-20-10-6-11-21(17-20)29-16-15-18-7-2-1-3-8-18/h1-12,17H,13-16H2,(H2,26,27,28,30). The quantitative estimate of drug-likeness (QED) is 0.462. The number of carbonyl (C=O) groups excluding carboxylic acids is 1. The second-order valence-corrected chi connectivity index (χ2v) is 7.52. The molecule has 3 rings (SSSR count). The Labute approximate surface area is 187 Å². The summed E-state index contributed by atoms with van der Waals surface area (Å²) in [5.41, 5.74) is 2.92. The number of aryl methyl sites for hydroxylation is 1. The highest BCUT2D eigenvalue weighted by atomic mass is 35.5. The molecule has 0 radical (unpaired) electrons. The highest BCUT2D eigenvalue weighted by Gasteiger charge is 2.08. The van der Waals surface area contributed by atoms with Crippen LogP contribution in [0.2, 0.25) is 5.02 Å². The maximum absolute atomic E-state index is 12.2. The topological polar surface area (TPSA) is 50.4 Å². The van der Waals surface area contributed by atoms with Crippen molar-refractivity contribution in [2.45, 2.75) is 19.3 Å². The van der Waals surface area contributed by atoms with Crippen LogP contribution in [0, 0.1) is 0 Å². The number of benzene rings is 3. The minimum atomic E-state index is -0.164. The fourth-order valence-electron chi connectivity index (χ4n) is 2.90. The van der Waals surface area contributed by atoms with Crippen LogP contribution < -0.4 is 15.4 Å². The normalized spacial score (nSPS) is 10.3. The van der Waals surface area contributed by atoms with Gasteiger partial charge in [0, 0.05) is 29.6 Å². The molecule has 1 amide bonds. The van der Waals surface area contributed by atoms with Crippen molar-refractivity contribution in [2.75, 3.05) is 11.9 Å². The molecule has 0 unspecified atom stereocenters. The average Bonchev–Trinajstić information content (AvgIpc) is 2.74. The molecule has 3 aromatic carbocycles. The van der Waals surface area contributed by atoms with Crippen molar-refractivity contribution in [2.24, 2.45) is 0 Å². The Kier molecular flexibility index (Phi) is 8.24. The second-order valence-electron chi connectivity index (χ2n) is 6.71. The van der Waals surface area contributed by atoms with Crippen LogP contribution in [0.5, 0.6) is 5.75 Å². The molecule has 0 fully saturated rings. The molecule has 3 aromatic rings. The van der Waals surface area contributed by atoms with E-state index in [1.165, 1.54) is 5.56 Å². The highest BCUT2D eigenvalue weighted by Crippen LogP contribution is 2.18. The first-order chi connectivity index (χ1) is 14.6. The highest BCUT2D eigenvalue weighted by molar-refractivity contribution is 7.80. The summed E-state index contributed by atoms with van der Waals surface area (Å²) in [5, 5.41) is 6.64. The van der Waals surface area contributed by atoms with Gasteiger partial charge in [-0.3, -0.25) is 4.79 Å². The zero-order valence-corrected chi connectivity index (χ0v) is 18.0. The summed E-state index contributed by atoms with van der Waals surface area (Å²) in [6.07, 6.45) is 1.69. The van der Waals surface area contributed by atoms with E-state index in [1.54, 1.807) is 0 Å². The lowest BCUT2D eigenvalue weighted by Crippen LogP contribution is -2.34. The summed E-state index contributed by atoms with van der Waals surface area (Å²) in [7, 11) is 0. The van der Waals surface area contributed by atoms with Gasteiger partial charge in [-0.1, -0.05) is 66.2 Å². The van der Waals surface area contributed by atoms with Gasteiger partial charge in [-0.2, -0.15) is 0 Å². The molecular formula is C24H23ClN2O2S. The number of carbonyl (C=O) groups is 1. The molecular weight excluding hydrogens is 416 g/mol. The molecule has 30 heavy (non-hydrogen) atoms. The Balaban J connectivity index is 1.43. The molecule has 6 heteroatoms. The van der Waals surface area contributed by atoms with Crippen molar-refractivity contribution in [3.63, 3.8) is 0 Å². The molecule has 0 saturated carbocycles. The van der Waals surface area contributed by atoms with Gasteiger partial charge < -0.3 is 15.4 Å². The predicted molar refractivity (Wildman–Crippen MR) is 126 cm³/mol. The van der Waals surface area contributed by atoms with E-state index in [9.17, 15) is 4.79 Å². The Bertz CT molecular complexity index is 995. The molecule has 4 nitrogen and oxygen atoms in total. The molecule has 0 heterocycles. The van der Waals surface area contributed by atoms with Crippen LogP contribution in [0.1, 0.15) is 17.5 Å². The van der Waals surface area contributed by atoms with E-state index < -0.39 is 0 Å². The first kappa shape index (κ1) is 21.8. The Morgan fingerprint density at radius 3 is 2.50 bits per heavy atom. The number of ether oxygens (including phenoxy) is 1. The number of nitrogens with one attached hydrogen (secondary N) is 2. The summed E-state index contributed by atoms with van der Waals surface area (Å²) in [6, 6.07) is 25.2. The Morgan fingerprint density at radius 1 is 0.933 bits per heavy atom. The van der Waals surface area contributed by atoms with E-state index in [-0.39, 0.29) is 11.0 Å². The van der Waals surface area contributed by atoms with Crippen molar-refractivity contribution in [3.8, 4) is 5.75 Å². The van der Waals surface area contributed by atoms with Crippen LogP contribution in [0.3, 0.4) is 0 Å². The van der Waals surface area contributed by atoms with Crippen LogP contribution in [0.4, 0.5) is 5.69 Å². The van der Waals surface area contributed by atoms with Crippen LogP contribution in [-0.4, -0.2) is 17.6 Å². The minimum absolute atomic E-state index is 0.164. The van der Waals surface area contributed by atoms with Crippen LogP contribution >= 0.6 is 23.8 Å². The number of thiocarbonyl (C=S) groups is 1. The maximum Gasteiger partial charge on any atom is 0.226 e. The van der Waals surface area contributed by atoms with E-state index in [0.717, 1.165) is 23.4 Å². The molecule has 0 aliphatic heterocycles. The SMILES string of the molecule is O=C(CCc1ccccc1Cl)NC(=S)Nc1cccc(OCCc2ccccc2)c1. The van der Waals surface area contributed by atoms with Crippen LogP contribution in [0.15, 0.2) is 78.9 Å². The molecule has 0 spiro atoms. The smallest absolute Gasteiger partial charge is 0.226 e. The van der Waals surface area contributed by atoms with Crippen LogP contribution in [-0.2, 0) is 17.6 Å². The van der Waals surface area contributed by atoms with Crippen molar-refractivity contribution in [1.82, 2.24) is 5.32 Å². The molecule has 0 aliphatic carbocycles. The van der Waals surface area contributed by atoms with Gasteiger partial charge in [0.2, 0.25) is 5.91 Å². The van der Waals surface area contributed by atoms with Gasteiger partial charge in [0.05, 0.1) is 6.61 Å². The van der Waals surface area contributed by atoms with Crippen molar-refractivity contribution >= 4 is 40.5 Å². The first-order valence-electron chi connectivity index (χ1n) is 9.71. The van der Waals surface area contributed by atoms with E-state index >= 15 is 0 Å². The van der Waals surface area contributed by atoms with Gasteiger partial charge >= 0.3 is 0 Å². The van der Waals surface area contributed by atoms with E-state index in [0.29, 0.717) is 24.5 Å². The molecule has 2 N–H and O–H groups in total. The number of anilines is 1. The predicted octanol–water partition coefficient (Wildman–Crippen LogP) is 5.41. The van der Waals surface area contributed by atoms with Gasteiger partial charge in [0.1, 0.15) is 5.75 Å². The van der Waals surface area contributed by atoms with E-state index in [4.69, 9.17) is 28.6 Å². The van der Waals surface area contributed by atoms with Crippen molar-refractivity contribution in [1.29, 1.82) is 0 Å². The summed E-state index contributed by atoms with van der Waals surface area (Å²) < 4.78 is 5.83. The largest absolute Gasteiger partial charge is 0.493 e. The molecule has 0 aliphatic rings. The molecule has 154 valence electrons. The van der Waals surface area contributed by atoms with Gasteiger partial charge in [-0.25, -0.2) is 0 Å². The summed E-state index contributed by atoms with van der Waals surface area (Å²) in [4.78, 5) is 12.2. The lowest BCUT2D eigenvalue weighted by molar-refractivity contribution is -0.119. The van der Waals surface area contributed by atoms with Gasteiger partial charge in [-0.05, 0) is 48.0 Å². The van der Waals surface area contributed by atoms with E-state index in [1.807, 2.05) is 66.7 Å². The average molecular weight is 439 g/mol. The number of hydrogen-bond donors (Lipinski definition) is 2. The summed E-state index contributed by atoms with van der Waals surface area (Å²) in [5.74, 6) is 0.575. The fraction of sp³-hybridized carbons (Fsp3) is 0.167. The maximum atomic E-state index is 12.2. The van der Waals surface area contributed by atoms with Crippen LogP contribution in [0.25, 0.3) is 0 Å². The monoisotopic (exact) mass is 438 g/mol. The zero-order valence-electron chi connectivity index (χ0n) is 16.4. The van der Waals surface area contributed by atoms with Gasteiger partial charge in [-0.15, -0.1) is 0 Å². The number of hydrogen-bond acceptors (Lipinski definition) is 3.